The van der Waals surface area contributed by atoms with E-state index in [1.54, 1.807) is 0 Å². The number of carbonyl (C=O) groups is 1. The molecule has 1 rings (SSSR count). The smallest absolute Gasteiger partial charge is 0.306 e. The van der Waals surface area contributed by atoms with Gasteiger partial charge in [-0.25, -0.2) is 0 Å². The van der Waals surface area contributed by atoms with Gasteiger partial charge in [0, 0.05) is 13.0 Å². The summed E-state index contributed by atoms with van der Waals surface area (Å²) in [6.07, 6.45) is 37.9. The normalized spacial score (nSPS) is 21.8. The highest BCUT2D eigenvalue weighted by Gasteiger charge is 2.44. The van der Waals surface area contributed by atoms with Gasteiger partial charge in [-0.15, -0.1) is 0 Å². The molecule has 1 heterocycles. The molecule has 0 radical (unpaired) electrons. The van der Waals surface area contributed by atoms with Crippen molar-refractivity contribution >= 4 is 5.97 Å². The summed E-state index contributed by atoms with van der Waals surface area (Å²) in [7, 11) is 0. The number of esters is 1. The monoisotopic (exact) mass is 747 g/mol. The maximum absolute atomic E-state index is 12.7. The van der Waals surface area contributed by atoms with Crippen molar-refractivity contribution in [2.24, 2.45) is 0 Å². The number of hydrogen-bond donors (Lipinski definition) is 4. The van der Waals surface area contributed by atoms with Crippen molar-refractivity contribution in [3.05, 3.63) is 72.9 Å². The lowest BCUT2D eigenvalue weighted by Gasteiger charge is -2.39. The van der Waals surface area contributed by atoms with Gasteiger partial charge in [0.15, 0.2) is 6.29 Å². The summed E-state index contributed by atoms with van der Waals surface area (Å²) in [4.78, 5) is 12.7. The highest BCUT2D eigenvalue weighted by Crippen LogP contribution is 2.22. The van der Waals surface area contributed by atoms with Crippen LogP contribution in [0.1, 0.15) is 136 Å². The molecule has 0 saturated carbocycles. The van der Waals surface area contributed by atoms with Gasteiger partial charge >= 0.3 is 5.97 Å². The Labute approximate surface area is 321 Å². The number of unbranched alkanes of at least 4 members (excludes halogenated alkanes) is 10. The van der Waals surface area contributed by atoms with Crippen molar-refractivity contribution in [1.82, 2.24) is 0 Å². The standard InChI is InChI=1S/C44H74O9/c1-3-5-7-9-11-13-15-17-18-19-20-21-22-24-26-28-30-32-34-50-36-38(37-51-44-43(49)42(48)41(47)39(35-45)53-44)52-40(46)33-31-29-27-25-23-16-14-12-10-8-6-4-2/h5,7,11-14,17-18,20-21,24,26,38-39,41-45,47-49H,3-4,6,8-10,15-16,19,22-23,25,27-37H2,1-2H3/b7-5-,13-11-,14-12-,18-17-,21-20-,26-24-. The zero-order valence-electron chi connectivity index (χ0n) is 33.0. The Morgan fingerprint density at radius 1 is 0.623 bits per heavy atom. The van der Waals surface area contributed by atoms with Crippen LogP contribution in [0.5, 0.6) is 0 Å². The van der Waals surface area contributed by atoms with E-state index in [9.17, 15) is 25.2 Å². The fraction of sp³-hybridized carbons (Fsp3) is 0.705. The first kappa shape index (κ1) is 48.6. The molecule has 1 fully saturated rings. The molecule has 0 spiro atoms. The van der Waals surface area contributed by atoms with Crippen LogP contribution in [0.3, 0.4) is 0 Å². The lowest BCUT2D eigenvalue weighted by Crippen LogP contribution is -2.59. The Bertz CT molecular complexity index is 1030. The Morgan fingerprint density at radius 2 is 1.15 bits per heavy atom. The Balaban J connectivity index is 2.35. The first-order valence-corrected chi connectivity index (χ1v) is 20.5. The molecule has 0 aromatic heterocycles. The highest BCUT2D eigenvalue weighted by atomic mass is 16.7. The second-order valence-corrected chi connectivity index (χ2v) is 13.7. The van der Waals surface area contributed by atoms with E-state index in [1.807, 2.05) is 0 Å². The van der Waals surface area contributed by atoms with Crippen LogP contribution in [-0.4, -0.2) is 89.6 Å². The van der Waals surface area contributed by atoms with Crippen molar-refractivity contribution in [3.8, 4) is 0 Å². The summed E-state index contributed by atoms with van der Waals surface area (Å²) in [5, 5.41) is 40.0. The molecule has 0 amide bonds. The van der Waals surface area contributed by atoms with Gasteiger partial charge in [0.1, 0.15) is 30.5 Å². The number of ether oxygens (including phenoxy) is 4. The number of allylic oxidation sites excluding steroid dienone is 12. The molecule has 1 saturated heterocycles. The summed E-state index contributed by atoms with van der Waals surface area (Å²) in [5.74, 6) is -0.343. The van der Waals surface area contributed by atoms with Gasteiger partial charge in [0.25, 0.3) is 0 Å². The third-order valence-electron chi connectivity index (χ3n) is 8.86. The second-order valence-electron chi connectivity index (χ2n) is 13.7. The highest BCUT2D eigenvalue weighted by molar-refractivity contribution is 5.69. The summed E-state index contributed by atoms with van der Waals surface area (Å²) < 4.78 is 22.7. The Morgan fingerprint density at radius 3 is 1.75 bits per heavy atom. The molecule has 6 atom stereocenters. The first-order valence-electron chi connectivity index (χ1n) is 20.5. The van der Waals surface area contributed by atoms with Crippen LogP contribution in [0, 0.1) is 0 Å². The van der Waals surface area contributed by atoms with E-state index >= 15 is 0 Å². The fourth-order valence-electron chi connectivity index (χ4n) is 5.63. The molecule has 53 heavy (non-hydrogen) atoms. The second kappa shape index (κ2) is 35.3. The van der Waals surface area contributed by atoms with Crippen LogP contribution < -0.4 is 0 Å². The number of carbonyl (C=O) groups excluding carboxylic acids is 1. The molecule has 1 aliphatic rings. The molecule has 9 nitrogen and oxygen atoms in total. The average molecular weight is 747 g/mol. The van der Waals surface area contributed by atoms with Crippen LogP contribution in [0.4, 0.5) is 0 Å². The molecule has 0 aliphatic carbocycles. The topological polar surface area (TPSA) is 135 Å². The molecule has 6 unspecified atom stereocenters. The van der Waals surface area contributed by atoms with Crippen molar-refractivity contribution in [1.29, 1.82) is 0 Å². The lowest BCUT2D eigenvalue weighted by molar-refractivity contribution is -0.305. The summed E-state index contributed by atoms with van der Waals surface area (Å²) >= 11 is 0. The van der Waals surface area contributed by atoms with Gasteiger partial charge in [-0.1, -0.05) is 119 Å². The average Bonchev–Trinajstić information content (AvgIpc) is 3.16. The summed E-state index contributed by atoms with van der Waals surface area (Å²) in [5.41, 5.74) is 0. The molecular weight excluding hydrogens is 672 g/mol. The summed E-state index contributed by atoms with van der Waals surface area (Å²) in [6.45, 7) is 4.27. The molecular formula is C44H74O9. The predicted molar refractivity (Wildman–Crippen MR) is 214 cm³/mol. The molecule has 304 valence electrons. The van der Waals surface area contributed by atoms with Crippen LogP contribution in [-0.2, 0) is 23.7 Å². The minimum absolute atomic E-state index is 0.108. The van der Waals surface area contributed by atoms with Gasteiger partial charge in [-0.05, 0) is 83.5 Å². The van der Waals surface area contributed by atoms with E-state index < -0.39 is 43.4 Å². The van der Waals surface area contributed by atoms with Crippen LogP contribution in [0.25, 0.3) is 0 Å². The van der Waals surface area contributed by atoms with Gasteiger partial charge in [-0.3, -0.25) is 4.79 Å². The van der Waals surface area contributed by atoms with E-state index in [4.69, 9.17) is 18.9 Å². The molecule has 1 aliphatic heterocycles. The van der Waals surface area contributed by atoms with Crippen LogP contribution >= 0.6 is 0 Å². The fourth-order valence-corrected chi connectivity index (χ4v) is 5.63. The van der Waals surface area contributed by atoms with Crippen LogP contribution in [0.2, 0.25) is 0 Å². The molecule has 9 heteroatoms. The van der Waals surface area contributed by atoms with E-state index in [-0.39, 0.29) is 19.2 Å². The minimum atomic E-state index is -1.55. The number of aliphatic hydroxyl groups is 4. The van der Waals surface area contributed by atoms with E-state index in [0.29, 0.717) is 13.0 Å². The zero-order chi connectivity index (χ0) is 38.6. The van der Waals surface area contributed by atoms with E-state index in [1.165, 1.54) is 25.7 Å². The van der Waals surface area contributed by atoms with Gasteiger partial charge in [-0.2, -0.15) is 0 Å². The van der Waals surface area contributed by atoms with Crippen molar-refractivity contribution in [2.45, 2.75) is 173 Å². The molecule has 4 N–H and O–H groups in total. The SMILES string of the molecule is CC/C=C\C/C=C\C/C=C\C/C=C\C/C=C\CCCCOCC(COC1OC(CO)C(O)C(O)C1O)OC(=O)CCCCCCC/C=C\CCCCC. The van der Waals surface area contributed by atoms with Gasteiger partial charge in [0.2, 0.25) is 0 Å². The number of rotatable bonds is 33. The molecule has 0 bridgehead atoms. The van der Waals surface area contributed by atoms with Crippen molar-refractivity contribution in [2.75, 3.05) is 26.4 Å². The van der Waals surface area contributed by atoms with Crippen molar-refractivity contribution < 1.29 is 44.2 Å². The Hall–Kier alpha value is -2.37. The molecule has 0 aromatic rings. The minimum Gasteiger partial charge on any atom is -0.457 e. The van der Waals surface area contributed by atoms with Crippen molar-refractivity contribution in [3.63, 3.8) is 0 Å². The van der Waals surface area contributed by atoms with E-state index in [0.717, 1.165) is 89.9 Å². The number of hydrogen-bond acceptors (Lipinski definition) is 9. The third-order valence-corrected chi connectivity index (χ3v) is 8.86. The lowest BCUT2D eigenvalue weighted by atomic mass is 9.99. The van der Waals surface area contributed by atoms with Crippen LogP contribution in [0.15, 0.2) is 72.9 Å². The number of aliphatic hydroxyl groups excluding tert-OH is 4. The first-order chi connectivity index (χ1) is 25.9. The van der Waals surface area contributed by atoms with E-state index in [2.05, 4.69) is 86.8 Å². The van der Waals surface area contributed by atoms with Gasteiger partial charge in [0.05, 0.1) is 19.8 Å². The maximum Gasteiger partial charge on any atom is 0.306 e. The quantitative estimate of drug-likeness (QED) is 0.0296. The summed E-state index contributed by atoms with van der Waals surface area (Å²) in [6, 6.07) is 0. The zero-order valence-corrected chi connectivity index (χ0v) is 33.0. The van der Waals surface area contributed by atoms with Gasteiger partial charge < -0.3 is 39.4 Å². The molecule has 0 aromatic carbocycles. The predicted octanol–water partition coefficient (Wildman–Crippen LogP) is 8.52. The maximum atomic E-state index is 12.7. The third kappa shape index (κ3) is 27.0. The largest absolute Gasteiger partial charge is 0.457 e. The Kier molecular flexibility index (Phi) is 32.4.